The number of urea groups is 1. The molecular weight excluding hydrogens is 436 g/mol. The van der Waals surface area contributed by atoms with Gasteiger partial charge in [0.05, 0.1) is 5.69 Å². The molecule has 2 aromatic carbocycles. The van der Waals surface area contributed by atoms with Gasteiger partial charge in [0.25, 0.3) is 0 Å². The molecule has 0 spiro atoms. The quantitative estimate of drug-likeness (QED) is 0.549. The fourth-order valence-corrected chi connectivity index (χ4v) is 5.64. The first kappa shape index (κ1) is 23.4. The summed E-state index contributed by atoms with van der Waals surface area (Å²) in [6.07, 6.45) is 2.32. The van der Waals surface area contributed by atoms with Crippen LogP contribution in [-0.2, 0) is 13.6 Å². The van der Waals surface area contributed by atoms with Gasteiger partial charge in [0.2, 0.25) is 0 Å². The molecule has 1 unspecified atom stereocenters. The van der Waals surface area contributed by atoms with Crippen LogP contribution >= 0.6 is 0 Å². The standard InChI is InChI=1S/C28H36N6O/c1-32(2)23-11-9-21(10-12-23)26-16-27(33(3)31-26)25-19-34-14-13-22(25)15-24(34)18-30-28(35)29-17-20-7-5-4-6-8-20/h4-12,16,22,24-25H,13-15,17-19H2,1-3H3,(H2,29,30,35)/t22-,24+,25+/m0/s1. The average Bonchev–Trinajstić information content (AvgIpc) is 3.28. The minimum Gasteiger partial charge on any atom is -0.378 e. The van der Waals surface area contributed by atoms with Crippen molar-refractivity contribution < 1.29 is 4.79 Å². The summed E-state index contributed by atoms with van der Waals surface area (Å²) in [6, 6.07) is 21.2. The molecule has 184 valence electrons. The highest BCUT2D eigenvalue weighted by Crippen LogP contribution is 2.42. The predicted octanol–water partition coefficient (Wildman–Crippen LogP) is 3.83. The van der Waals surface area contributed by atoms with Crippen LogP contribution in [0.5, 0.6) is 0 Å². The number of amides is 2. The van der Waals surface area contributed by atoms with E-state index in [1.165, 1.54) is 17.8 Å². The highest BCUT2D eigenvalue weighted by atomic mass is 16.2. The third-order valence-electron chi connectivity index (χ3n) is 7.65. The largest absolute Gasteiger partial charge is 0.378 e. The van der Waals surface area contributed by atoms with E-state index in [1.807, 2.05) is 30.3 Å². The molecule has 35 heavy (non-hydrogen) atoms. The van der Waals surface area contributed by atoms with Crippen LogP contribution < -0.4 is 15.5 Å². The zero-order valence-electron chi connectivity index (χ0n) is 20.9. The fourth-order valence-electron chi connectivity index (χ4n) is 5.64. The number of carbonyl (C=O) groups is 1. The highest BCUT2D eigenvalue weighted by molar-refractivity contribution is 5.73. The minimum absolute atomic E-state index is 0.0930. The first-order valence-electron chi connectivity index (χ1n) is 12.6. The molecule has 2 bridgehead atoms. The van der Waals surface area contributed by atoms with Crippen molar-refractivity contribution in [3.05, 3.63) is 71.9 Å². The molecule has 0 saturated carbocycles. The Hall–Kier alpha value is -3.32. The summed E-state index contributed by atoms with van der Waals surface area (Å²) in [5.74, 6) is 1.11. The maximum atomic E-state index is 12.3. The smallest absolute Gasteiger partial charge is 0.315 e. The molecule has 3 aromatic rings. The summed E-state index contributed by atoms with van der Waals surface area (Å²) >= 11 is 0. The Labute approximate surface area is 208 Å². The van der Waals surface area contributed by atoms with Crippen LogP contribution in [0, 0.1) is 5.92 Å². The second-order valence-electron chi connectivity index (χ2n) is 10.1. The van der Waals surface area contributed by atoms with Crippen molar-refractivity contribution in [3.8, 4) is 11.3 Å². The van der Waals surface area contributed by atoms with E-state index in [-0.39, 0.29) is 6.03 Å². The van der Waals surface area contributed by atoms with E-state index in [4.69, 9.17) is 5.10 Å². The van der Waals surface area contributed by atoms with Gasteiger partial charge in [0.1, 0.15) is 0 Å². The van der Waals surface area contributed by atoms with E-state index in [1.54, 1.807) is 0 Å². The van der Waals surface area contributed by atoms with Gasteiger partial charge in [0.15, 0.2) is 0 Å². The summed E-state index contributed by atoms with van der Waals surface area (Å²) in [7, 11) is 6.18. The van der Waals surface area contributed by atoms with Gasteiger partial charge in [-0.1, -0.05) is 42.5 Å². The molecule has 4 heterocycles. The number of hydrogen-bond donors (Lipinski definition) is 2. The Morgan fingerprint density at radius 3 is 2.54 bits per heavy atom. The van der Waals surface area contributed by atoms with Gasteiger partial charge in [-0.05, 0) is 49.1 Å². The Kier molecular flexibility index (Phi) is 6.77. The lowest BCUT2D eigenvalue weighted by Crippen LogP contribution is -2.56. The van der Waals surface area contributed by atoms with Gasteiger partial charge >= 0.3 is 6.03 Å². The van der Waals surface area contributed by atoms with Crippen LogP contribution in [0.2, 0.25) is 0 Å². The highest BCUT2D eigenvalue weighted by Gasteiger charge is 2.41. The fraction of sp³-hybridized carbons (Fsp3) is 0.429. The molecule has 0 aliphatic carbocycles. The number of carbonyl (C=O) groups excluding carboxylic acids is 1. The Morgan fingerprint density at radius 2 is 1.86 bits per heavy atom. The molecule has 6 rings (SSSR count). The normalized spacial score (nSPS) is 23.2. The van der Waals surface area contributed by atoms with Crippen LogP contribution in [0.15, 0.2) is 60.7 Å². The van der Waals surface area contributed by atoms with Crippen molar-refractivity contribution in [1.82, 2.24) is 25.3 Å². The van der Waals surface area contributed by atoms with Crippen LogP contribution in [0.1, 0.15) is 30.0 Å². The number of benzene rings is 2. The maximum Gasteiger partial charge on any atom is 0.315 e. The molecule has 3 fully saturated rings. The molecule has 0 radical (unpaired) electrons. The summed E-state index contributed by atoms with van der Waals surface area (Å²) < 4.78 is 2.08. The number of fused-ring (bicyclic) bond motifs is 3. The van der Waals surface area contributed by atoms with Gasteiger partial charge in [0, 0.05) is 69.7 Å². The van der Waals surface area contributed by atoms with Crippen molar-refractivity contribution in [3.63, 3.8) is 0 Å². The minimum atomic E-state index is -0.0930. The van der Waals surface area contributed by atoms with E-state index < -0.39 is 0 Å². The SMILES string of the molecule is CN(C)c1ccc(-c2cc([C@@H]3CN4CC[C@H]3C[C@@H]4CNC(=O)NCc3ccccc3)n(C)n2)cc1. The molecule has 2 amide bonds. The lowest BCUT2D eigenvalue weighted by atomic mass is 9.74. The number of hydrogen-bond acceptors (Lipinski definition) is 4. The number of nitrogens with one attached hydrogen (secondary N) is 2. The van der Waals surface area contributed by atoms with Gasteiger partial charge in [-0.3, -0.25) is 9.58 Å². The molecular formula is C28H36N6O. The first-order valence-corrected chi connectivity index (χ1v) is 12.6. The van der Waals surface area contributed by atoms with Crippen molar-refractivity contribution >= 4 is 11.7 Å². The molecule has 4 atom stereocenters. The molecule has 2 N–H and O–H groups in total. The average molecular weight is 473 g/mol. The number of piperidine rings is 3. The zero-order valence-corrected chi connectivity index (χ0v) is 20.9. The van der Waals surface area contributed by atoms with Crippen molar-refractivity contribution in [2.24, 2.45) is 13.0 Å². The zero-order chi connectivity index (χ0) is 24.4. The second kappa shape index (κ2) is 10.1. The Morgan fingerprint density at radius 1 is 1.09 bits per heavy atom. The molecule has 7 heteroatoms. The van der Waals surface area contributed by atoms with Gasteiger partial charge in [-0.15, -0.1) is 0 Å². The summed E-state index contributed by atoms with van der Waals surface area (Å²) in [5.41, 5.74) is 5.81. The number of anilines is 1. The third kappa shape index (κ3) is 5.20. The van der Waals surface area contributed by atoms with Gasteiger partial charge < -0.3 is 15.5 Å². The number of aryl methyl sites for hydroxylation is 1. The second-order valence-corrected chi connectivity index (χ2v) is 10.1. The topological polar surface area (TPSA) is 65.4 Å². The summed E-state index contributed by atoms with van der Waals surface area (Å²) in [6.45, 7) is 3.38. The van der Waals surface area contributed by atoms with Crippen molar-refractivity contribution in [2.45, 2.75) is 31.3 Å². The summed E-state index contributed by atoms with van der Waals surface area (Å²) in [5, 5.41) is 10.9. The molecule has 1 aromatic heterocycles. The van der Waals surface area contributed by atoms with Crippen molar-refractivity contribution in [1.29, 1.82) is 0 Å². The number of rotatable bonds is 7. The van der Waals surface area contributed by atoms with E-state index >= 15 is 0 Å². The van der Waals surface area contributed by atoms with Crippen LogP contribution in [0.25, 0.3) is 11.3 Å². The lowest BCUT2D eigenvalue weighted by molar-refractivity contribution is 0.0294. The molecule has 7 nitrogen and oxygen atoms in total. The van der Waals surface area contributed by atoms with Gasteiger partial charge in [-0.25, -0.2) is 4.79 Å². The lowest BCUT2D eigenvalue weighted by Gasteiger charge is -2.49. The number of aromatic nitrogens is 2. The van der Waals surface area contributed by atoms with Crippen molar-refractivity contribution in [2.75, 3.05) is 38.6 Å². The predicted molar refractivity (Wildman–Crippen MR) is 140 cm³/mol. The number of nitrogens with zero attached hydrogens (tertiary/aromatic N) is 4. The van der Waals surface area contributed by atoms with E-state index in [2.05, 4.69) is 76.6 Å². The van der Waals surface area contributed by atoms with E-state index in [0.29, 0.717) is 31.0 Å². The summed E-state index contributed by atoms with van der Waals surface area (Å²) in [4.78, 5) is 17.0. The van der Waals surface area contributed by atoms with E-state index in [0.717, 1.165) is 36.3 Å². The monoisotopic (exact) mass is 472 g/mol. The maximum absolute atomic E-state index is 12.3. The molecule has 3 aliphatic rings. The van der Waals surface area contributed by atoms with E-state index in [9.17, 15) is 4.79 Å². The third-order valence-corrected chi connectivity index (χ3v) is 7.65. The van der Waals surface area contributed by atoms with Crippen LogP contribution in [0.3, 0.4) is 0 Å². The Bertz CT molecular complexity index is 1140. The molecule has 3 aliphatic heterocycles. The van der Waals surface area contributed by atoms with Crippen LogP contribution in [-0.4, -0.2) is 60.5 Å². The van der Waals surface area contributed by atoms with Crippen LogP contribution in [0.4, 0.5) is 10.5 Å². The van der Waals surface area contributed by atoms with Gasteiger partial charge in [-0.2, -0.15) is 5.10 Å². The Balaban J connectivity index is 1.18. The molecule has 3 saturated heterocycles. The first-order chi connectivity index (χ1) is 17.0.